The number of benzene rings is 2. The third-order valence-corrected chi connectivity index (χ3v) is 3.96. The fourth-order valence-corrected chi connectivity index (χ4v) is 2.72. The first-order valence-electron chi connectivity index (χ1n) is 8.10. The van der Waals surface area contributed by atoms with Crippen molar-refractivity contribution in [3.63, 3.8) is 0 Å². The van der Waals surface area contributed by atoms with Crippen LogP contribution in [0.2, 0.25) is 5.02 Å². The van der Waals surface area contributed by atoms with E-state index in [9.17, 15) is 4.79 Å². The molecule has 0 aliphatic carbocycles. The first-order chi connectivity index (χ1) is 12.1. The van der Waals surface area contributed by atoms with Crippen LogP contribution < -0.4 is 20.1 Å². The van der Waals surface area contributed by atoms with E-state index in [1.54, 1.807) is 14.2 Å². The van der Waals surface area contributed by atoms with Gasteiger partial charge in [0.2, 0.25) is 0 Å². The molecule has 0 aromatic heterocycles. The summed E-state index contributed by atoms with van der Waals surface area (Å²) in [5.41, 5.74) is 2.75. The zero-order chi connectivity index (χ0) is 18.2. The molecular formula is C19H23ClN2O3. The lowest BCUT2D eigenvalue weighted by Gasteiger charge is -2.13. The minimum Gasteiger partial charge on any atom is -0.493 e. The van der Waals surface area contributed by atoms with E-state index in [4.69, 9.17) is 21.1 Å². The van der Waals surface area contributed by atoms with Crippen molar-refractivity contribution in [1.29, 1.82) is 0 Å². The summed E-state index contributed by atoms with van der Waals surface area (Å²) in [6.45, 7) is 3.75. The molecule has 0 bridgehead atoms. The molecule has 0 saturated heterocycles. The molecule has 1 amide bonds. The zero-order valence-corrected chi connectivity index (χ0v) is 15.4. The molecular weight excluding hydrogens is 340 g/mol. The normalized spacial score (nSPS) is 10.4. The monoisotopic (exact) mass is 362 g/mol. The Hall–Kier alpha value is -2.24. The Balaban J connectivity index is 1.97. The summed E-state index contributed by atoms with van der Waals surface area (Å²) in [5, 5.41) is 6.50. The van der Waals surface area contributed by atoms with E-state index in [0.29, 0.717) is 41.8 Å². The highest BCUT2D eigenvalue weighted by Crippen LogP contribution is 2.36. The molecule has 0 fully saturated rings. The van der Waals surface area contributed by atoms with Gasteiger partial charge in [-0.15, -0.1) is 0 Å². The van der Waals surface area contributed by atoms with Gasteiger partial charge < -0.3 is 20.1 Å². The molecule has 0 aliphatic rings. The first kappa shape index (κ1) is 19.1. The standard InChI is InChI=1S/C19H23ClN2O3/c1-4-25-18-16(20)9-14(10-17(18)24-3)12-22-11-13-5-7-15(8-6-13)19(23)21-2/h5-10,22H,4,11-12H2,1-3H3,(H,21,23). The summed E-state index contributed by atoms with van der Waals surface area (Å²) in [7, 11) is 3.22. The summed E-state index contributed by atoms with van der Waals surface area (Å²) in [4.78, 5) is 11.5. The van der Waals surface area contributed by atoms with Crippen LogP contribution in [0.1, 0.15) is 28.4 Å². The highest BCUT2D eigenvalue weighted by Gasteiger charge is 2.11. The van der Waals surface area contributed by atoms with Gasteiger partial charge in [-0.3, -0.25) is 4.79 Å². The highest BCUT2D eigenvalue weighted by atomic mass is 35.5. The van der Waals surface area contributed by atoms with E-state index in [1.165, 1.54) is 0 Å². The molecule has 25 heavy (non-hydrogen) atoms. The molecule has 0 saturated carbocycles. The molecule has 0 radical (unpaired) electrons. The van der Waals surface area contributed by atoms with E-state index in [2.05, 4.69) is 10.6 Å². The summed E-state index contributed by atoms with van der Waals surface area (Å²) in [5.74, 6) is 1.11. The fourth-order valence-electron chi connectivity index (χ4n) is 2.43. The van der Waals surface area contributed by atoms with Gasteiger partial charge in [-0.1, -0.05) is 23.7 Å². The van der Waals surface area contributed by atoms with Crippen LogP contribution in [0.4, 0.5) is 0 Å². The number of amides is 1. The van der Waals surface area contributed by atoms with Gasteiger partial charge in [-0.25, -0.2) is 0 Å². The van der Waals surface area contributed by atoms with E-state index < -0.39 is 0 Å². The van der Waals surface area contributed by atoms with E-state index in [1.807, 2.05) is 43.3 Å². The molecule has 0 heterocycles. The maximum absolute atomic E-state index is 11.5. The average molecular weight is 363 g/mol. The molecule has 5 nitrogen and oxygen atoms in total. The van der Waals surface area contributed by atoms with Crippen LogP contribution in [0, 0.1) is 0 Å². The summed E-state index contributed by atoms with van der Waals surface area (Å²) < 4.78 is 10.9. The van der Waals surface area contributed by atoms with Crippen LogP contribution in [0.25, 0.3) is 0 Å². The van der Waals surface area contributed by atoms with Crippen LogP contribution in [0.5, 0.6) is 11.5 Å². The number of carbonyl (C=O) groups is 1. The lowest BCUT2D eigenvalue weighted by atomic mass is 10.1. The van der Waals surface area contributed by atoms with Crippen molar-refractivity contribution in [3.05, 3.63) is 58.1 Å². The first-order valence-corrected chi connectivity index (χ1v) is 8.47. The SMILES string of the molecule is CCOc1c(Cl)cc(CNCc2ccc(C(=O)NC)cc2)cc1OC. The lowest BCUT2D eigenvalue weighted by molar-refractivity contribution is 0.0963. The van der Waals surface area contributed by atoms with Gasteiger partial charge in [0, 0.05) is 25.7 Å². The van der Waals surface area contributed by atoms with Crippen LogP contribution in [0.15, 0.2) is 36.4 Å². The van der Waals surface area contributed by atoms with Crippen molar-refractivity contribution in [1.82, 2.24) is 10.6 Å². The van der Waals surface area contributed by atoms with Crippen molar-refractivity contribution < 1.29 is 14.3 Å². The van der Waals surface area contributed by atoms with E-state index >= 15 is 0 Å². The largest absolute Gasteiger partial charge is 0.493 e. The number of nitrogens with one attached hydrogen (secondary N) is 2. The highest BCUT2D eigenvalue weighted by molar-refractivity contribution is 6.32. The topological polar surface area (TPSA) is 59.6 Å². The van der Waals surface area contributed by atoms with Crippen LogP contribution in [0.3, 0.4) is 0 Å². The van der Waals surface area contributed by atoms with Gasteiger partial charge in [0.1, 0.15) is 0 Å². The van der Waals surface area contributed by atoms with E-state index in [-0.39, 0.29) is 5.91 Å². The fraction of sp³-hybridized carbons (Fsp3) is 0.316. The average Bonchev–Trinajstić information content (AvgIpc) is 2.63. The minimum absolute atomic E-state index is 0.0874. The second-order valence-electron chi connectivity index (χ2n) is 5.42. The second kappa shape index (κ2) is 9.30. The van der Waals surface area contributed by atoms with Crippen molar-refractivity contribution in [3.8, 4) is 11.5 Å². The number of hydrogen-bond donors (Lipinski definition) is 2. The summed E-state index contributed by atoms with van der Waals surface area (Å²) in [6, 6.07) is 11.3. The Morgan fingerprint density at radius 1 is 1.12 bits per heavy atom. The maximum Gasteiger partial charge on any atom is 0.251 e. The lowest BCUT2D eigenvalue weighted by Crippen LogP contribution is -2.18. The Kier molecular flexibility index (Phi) is 7.10. The predicted molar refractivity (Wildman–Crippen MR) is 99.5 cm³/mol. The molecule has 2 N–H and O–H groups in total. The Labute approximate surface area is 153 Å². The number of ether oxygens (including phenoxy) is 2. The van der Waals surface area contributed by atoms with Gasteiger partial charge >= 0.3 is 0 Å². The number of hydrogen-bond acceptors (Lipinski definition) is 4. The van der Waals surface area contributed by atoms with Crippen LogP contribution in [-0.2, 0) is 13.1 Å². The smallest absolute Gasteiger partial charge is 0.251 e. The summed E-state index contributed by atoms with van der Waals surface area (Å²) in [6.07, 6.45) is 0. The van der Waals surface area contributed by atoms with Crippen molar-refractivity contribution in [2.24, 2.45) is 0 Å². The molecule has 0 unspecified atom stereocenters. The second-order valence-corrected chi connectivity index (χ2v) is 5.83. The van der Waals surface area contributed by atoms with Gasteiger partial charge in [0.05, 0.1) is 18.7 Å². The quantitative estimate of drug-likeness (QED) is 0.755. The molecule has 134 valence electrons. The molecule has 2 rings (SSSR count). The third-order valence-electron chi connectivity index (χ3n) is 3.68. The van der Waals surface area contributed by atoms with Crippen molar-refractivity contribution in [2.75, 3.05) is 20.8 Å². The van der Waals surface area contributed by atoms with Crippen LogP contribution >= 0.6 is 11.6 Å². The predicted octanol–water partition coefficient (Wildman–Crippen LogP) is 3.40. The number of halogens is 1. The van der Waals surface area contributed by atoms with Crippen molar-refractivity contribution in [2.45, 2.75) is 20.0 Å². The van der Waals surface area contributed by atoms with Gasteiger partial charge in [-0.2, -0.15) is 0 Å². The number of methoxy groups -OCH3 is 1. The Morgan fingerprint density at radius 2 is 1.80 bits per heavy atom. The molecule has 2 aromatic rings. The van der Waals surface area contributed by atoms with Gasteiger partial charge in [0.15, 0.2) is 11.5 Å². The maximum atomic E-state index is 11.5. The van der Waals surface area contributed by atoms with Gasteiger partial charge in [-0.05, 0) is 42.3 Å². The summed E-state index contributed by atoms with van der Waals surface area (Å²) >= 11 is 6.28. The minimum atomic E-state index is -0.0874. The number of carbonyl (C=O) groups excluding carboxylic acids is 1. The molecule has 2 aromatic carbocycles. The van der Waals surface area contributed by atoms with Gasteiger partial charge in [0.25, 0.3) is 5.91 Å². The van der Waals surface area contributed by atoms with Crippen molar-refractivity contribution >= 4 is 17.5 Å². The third kappa shape index (κ3) is 5.11. The Morgan fingerprint density at radius 3 is 2.40 bits per heavy atom. The zero-order valence-electron chi connectivity index (χ0n) is 14.7. The number of rotatable bonds is 8. The molecule has 0 aliphatic heterocycles. The molecule has 0 spiro atoms. The van der Waals surface area contributed by atoms with E-state index in [0.717, 1.165) is 11.1 Å². The Bertz CT molecular complexity index is 717. The van der Waals surface area contributed by atoms with Crippen LogP contribution in [-0.4, -0.2) is 26.7 Å². The molecule has 0 atom stereocenters. The molecule has 6 heteroatoms.